The molecule has 6 heteroatoms. The van der Waals surface area contributed by atoms with Crippen LogP contribution in [0.2, 0.25) is 0 Å². The van der Waals surface area contributed by atoms with Gasteiger partial charge in [-0.1, -0.05) is 123 Å². The number of furan rings is 1. The fourth-order valence-electron chi connectivity index (χ4n) is 9.76. The first-order valence-corrected chi connectivity index (χ1v) is 21.7. The number of pyridine rings is 1. The number of hydrogen-bond acceptors (Lipinski definition) is 5. The van der Waals surface area contributed by atoms with E-state index in [0.717, 1.165) is 83.6 Å². The Kier molecular flexibility index (Phi) is 9.02. The number of fused-ring (bicyclic) bond motifs is 7. The average Bonchev–Trinajstić information content (AvgIpc) is 3.96. The largest absolute Gasteiger partial charge is 0.457 e. The van der Waals surface area contributed by atoms with Gasteiger partial charge in [0, 0.05) is 57.0 Å². The van der Waals surface area contributed by atoms with Crippen molar-refractivity contribution in [1.29, 1.82) is 0 Å². The molecule has 0 N–H and O–H groups in total. The normalized spacial score (nSPS) is 13.4. The number of nitrogens with zero attached hydrogens (tertiary/aromatic N) is 4. The van der Waals surface area contributed by atoms with Crippen LogP contribution in [-0.2, 0) is 5.41 Å². The Morgan fingerprint density at radius 3 is 1.97 bits per heavy atom. The molecular weight excluding hydrogens is 773 g/mol. The quantitative estimate of drug-likeness (QED) is 0.160. The third-order valence-corrected chi connectivity index (χ3v) is 12.5. The first kappa shape index (κ1) is 38.4. The maximum Gasteiger partial charge on any atom is 0.137 e. The van der Waals surface area contributed by atoms with Crippen LogP contribution >= 0.6 is 0 Å². The summed E-state index contributed by atoms with van der Waals surface area (Å²) in [7, 11) is 0. The van der Waals surface area contributed by atoms with Crippen molar-refractivity contribution in [1.82, 2.24) is 9.55 Å². The van der Waals surface area contributed by atoms with Crippen LogP contribution in [0.3, 0.4) is 0 Å². The second-order valence-electron chi connectivity index (χ2n) is 17.9. The number of aryl methyl sites for hydroxylation is 3. The third-order valence-electron chi connectivity index (χ3n) is 12.5. The highest BCUT2D eigenvalue weighted by molar-refractivity contribution is 6.24. The SMILES string of the molecule is Cc1cc(C)c(N2CN(c3cccc(Oc4ccc5c6ccc7oc8ccccc8c7c6n(-c6cc(C(C)(C)C)ccn6)c5c4)c3)C(c3ccccc3)=C2c2ccccc2)c(C)c1. The highest BCUT2D eigenvalue weighted by atomic mass is 16.5. The van der Waals surface area contributed by atoms with E-state index in [4.69, 9.17) is 14.1 Å². The summed E-state index contributed by atoms with van der Waals surface area (Å²) in [6.07, 6.45) is 1.93. The van der Waals surface area contributed by atoms with E-state index < -0.39 is 0 Å². The van der Waals surface area contributed by atoms with Gasteiger partial charge in [-0.25, -0.2) is 4.98 Å². The molecule has 7 aromatic carbocycles. The Balaban J connectivity index is 1.06. The molecular formula is C57H48N4O2. The molecule has 0 amide bonds. The zero-order valence-electron chi connectivity index (χ0n) is 36.5. The van der Waals surface area contributed by atoms with Crippen molar-refractivity contribution in [2.24, 2.45) is 0 Å². The van der Waals surface area contributed by atoms with Crippen LogP contribution in [0.15, 0.2) is 174 Å². The van der Waals surface area contributed by atoms with Gasteiger partial charge < -0.3 is 19.0 Å². The predicted octanol–water partition coefficient (Wildman–Crippen LogP) is 14.9. The second kappa shape index (κ2) is 14.8. The zero-order chi connectivity index (χ0) is 43.0. The second-order valence-corrected chi connectivity index (χ2v) is 17.9. The summed E-state index contributed by atoms with van der Waals surface area (Å²) in [5, 5.41) is 4.40. The summed E-state index contributed by atoms with van der Waals surface area (Å²) in [5.41, 5.74) is 15.6. The van der Waals surface area contributed by atoms with Gasteiger partial charge in [-0.15, -0.1) is 0 Å². The van der Waals surface area contributed by atoms with Gasteiger partial charge in [-0.2, -0.15) is 0 Å². The van der Waals surface area contributed by atoms with Gasteiger partial charge in [0.15, 0.2) is 0 Å². The van der Waals surface area contributed by atoms with Crippen molar-refractivity contribution >= 4 is 66.5 Å². The van der Waals surface area contributed by atoms with Gasteiger partial charge in [-0.3, -0.25) is 4.57 Å². The van der Waals surface area contributed by atoms with E-state index in [9.17, 15) is 0 Å². The molecule has 11 rings (SSSR count). The van der Waals surface area contributed by atoms with Gasteiger partial charge >= 0.3 is 0 Å². The van der Waals surface area contributed by atoms with Gasteiger partial charge in [0.1, 0.15) is 35.2 Å². The number of benzene rings is 7. The van der Waals surface area contributed by atoms with E-state index in [-0.39, 0.29) is 5.41 Å². The summed E-state index contributed by atoms with van der Waals surface area (Å²) >= 11 is 0. The first-order valence-electron chi connectivity index (χ1n) is 21.7. The highest BCUT2D eigenvalue weighted by Crippen LogP contribution is 2.46. The van der Waals surface area contributed by atoms with Crippen molar-refractivity contribution in [3.8, 4) is 17.3 Å². The Bertz CT molecular complexity index is 3400. The molecule has 0 fully saturated rings. The molecule has 0 saturated heterocycles. The van der Waals surface area contributed by atoms with E-state index in [0.29, 0.717) is 6.67 Å². The van der Waals surface area contributed by atoms with Crippen molar-refractivity contribution in [2.75, 3.05) is 16.5 Å². The molecule has 308 valence electrons. The lowest BCUT2D eigenvalue weighted by Gasteiger charge is -2.28. The summed E-state index contributed by atoms with van der Waals surface area (Å²) in [4.78, 5) is 9.94. The standard InChI is InChI=1S/C57H48N4O2/c1-36-30-37(2)53(38(3)31-36)60-35-59(54(39-16-9-7-10-17-39)55(60)40-18-11-8-12-19-40)42-20-15-21-43(33-42)62-44-24-25-45-46-26-27-50-52(47-22-13-14-23-49(47)63-50)56(46)61(48(45)34-44)51-32-41(28-29-58-51)57(4,5)6/h7-34H,35H2,1-6H3. The molecule has 0 spiro atoms. The van der Waals surface area contributed by atoms with Crippen molar-refractivity contribution in [3.63, 3.8) is 0 Å². The minimum absolute atomic E-state index is 0.0605. The highest BCUT2D eigenvalue weighted by Gasteiger charge is 2.34. The van der Waals surface area contributed by atoms with Crippen LogP contribution < -0.4 is 14.5 Å². The molecule has 0 bridgehead atoms. The van der Waals surface area contributed by atoms with E-state index in [2.05, 4.69) is 202 Å². The Hall–Kier alpha value is -7.57. The lowest BCUT2D eigenvalue weighted by atomic mass is 9.88. The summed E-state index contributed by atoms with van der Waals surface area (Å²) in [6, 6.07) is 57.9. The van der Waals surface area contributed by atoms with Crippen LogP contribution in [0, 0.1) is 20.8 Å². The van der Waals surface area contributed by atoms with E-state index >= 15 is 0 Å². The average molecular weight is 821 g/mol. The molecule has 63 heavy (non-hydrogen) atoms. The van der Waals surface area contributed by atoms with Crippen LogP contribution in [0.1, 0.15) is 54.2 Å². The molecule has 0 saturated carbocycles. The van der Waals surface area contributed by atoms with Crippen molar-refractivity contribution in [3.05, 3.63) is 203 Å². The molecule has 10 aromatic rings. The Labute approximate surface area is 367 Å². The molecule has 1 aliphatic heterocycles. The van der Waals surface area contributed by atoms with E-state index in [1.165, 1.54) is 33.6 Å². The minimum atomic E-state index is -0.0605. The van der Waals surface area contributed by atoms with Gasteiger partial charge in [0.25, 0.3) is 0 Å². The molecule has 1 aliphatic rings. The van der Waals surface area contributed by atoms with Gasteiger partial charge in [0.2, 0.25) is 0 Å². The first-order chi connectivity index (χ1) is 30.6. The van der Waals surface area contributed by atoms with Crippen molar-refractivity contribution in [2.45, 2.75) is 47.0 Å². The predicted molar refractivity (Wildman–Crippen MR) is 261 cm³/mol. The molecule has 0 unspecified atom stereocenters. The molecule has 0 aliphatic carbocycles. The minimum Gasteiger partial charge on any atom is -0.457 e. The smallest absolute Gasteiger partial charge is 0.137 e. The summed E-state index contributed by atoms with van der Waals surface area (Å²) < 4.78 is 15.6. The van der Waals surface area contributed by atoms with E-state index in [1.54, 1.807) is 0 Å². The monoisotopic (exact) mass is 820 g/mol. The summed E-state index contributed by atoms with van der Waals surface area (Å²) in [6.45, 7) is 14.0. The molecule has 4 heterocycles. The van der Waals surface area contributed by atoms with Gasteiger partial charge in [-0.05, 0) is 97.5 Å². The van der Waals surface area contributed by atoms with Crippen molar-refractivity contribution < 1.29 is 9.15 Å². The maximum atomic E-state index is 6.90. The van der Waals surface area contributed by atoms with Crippen LogP contribution in [0.25, 0.3) is 61.0 Å². The number of anilines is 2. The third kappa shape index (κ3) is 6.52. The number of ether oxygens (including phenoxy) is 1. The number of rotatable bonds is 7. The number of aromatic nitrogens is 2. The molecule has 6 nitrogen and oxygen atoms in total. The number of para-hydroxylation sites is 1. The Morgan fingerprint density at radius 2 is 1.24 bits per heavy atom. The topological polar surface area (TPSA) is 46.7 Å². The fraction of sp³-hybridized carbons (Fsp3) is 0.140. The lowest BCUT2D eigenvalue weighted by Crippen LogP contribution is -2.28. The zero-order valence-corrected chi connectivity index (χ0v) is 36.5. The van der Waals surface area contributed by atoms with E-state index in [1.807, 2.05) is 24.4 Å². The van der Waals surface area contributed by atoms with Crippen LogP contribution in [-0.4, -0.2) is 16.2 Å². The van der Waals surface area contributed by atoms with Crippen LogP contribution in [0.4, 0.5) is 11.4 Å². The maximum absolute atomic E-state index is 6.90. The van der Waals surface area contributed by atoms with Crippen LogP contribution in [0.5, 0.6) is 11.5 Å². The number of hydrogen-bond donors (Lipinski definition) is 0. The lowest BCUT2D eigenvalue weighted by molar-refractivity contribution is 0.483. The van der Waals surface area contributed by atoms with Gasteiger partial charge in [0.05, 0.1) is 27.8 Å². The molecule has 0 radical (unpaired) electrons. The Morgan fingerprint density at radius 1 is 0.571 bits per heavy atom. The molecule has 3 aromatic heterocycles. The summed E-state index contributed by atoms with van der Waals surface area (Å²) in [5.74, 6) is 2.34. The molecule has 0 atom stereocenters. The fourth-order valence-corrected chi connectivity index (χ4v) is 9.76.